The van der Waals surface area contributed by atoms with Gasteiger partial charge in [0.25, 0.3) is 11.8 Å². The molecule has 0 atom stereocenters. The van der Waals surface area contributed by atoms with Crippen molar-refractivity contribution in [2.45, 2.75) is 12.8 Å². The van der Waals surface area contributed by atoms with Crippen LogP contribution in [0.5, 0.6) is 23.0 Å². The topological polar surface area (TPSA) is 319 Å². The van der Waals surface area contributed by atoms with Gasteiger partial charge in [0.05, 0.1) is 84.1 Å². The first-order valence-corrected chi connectivity index (χ1v) is 39.9. The first-order chi connectivity index (χ1) is 60.2. The molecular formula is C100H80N16O6. The molecule has 0 radical (unpaired) electrons. The van der Waals surface area contributed by atoms with Gasteiger partial charge in [-0.3, -0.25) is 46.1 Å². The average molecular weight is 1600 g/mol. The van der Waals surface area contributed by atoms with Crippen molar-refractivity contribution in [2.24, 2.45) is 17.4 Å². The van der Waals surface area contributed by atoms with E-state index in [1.165, 1.54) is 4.90 Å². The first kappa shape index (κ1) is 77.4. The highest BCUT2D eigenvalue weighted by atomic mass is 16.5. The van der Waals surface area contributed by atoms with E-state index in [0.717, 1.165) is 202 Å². The van der Waals surface area contributed by atoms with E-state index in [2.05, 4.69) is 185 Å². The van der Waals surface area contributed by atoms with Crippen molar-refractivity contribution in [3.63, 3.8) is 0 Å². The molecule has 22 nitrogen and oxygen atoms in total. The summed E-state index contributed by atoms with van der Waals surface area (Å²) in [5.41, 5.74) is 35.6. The van der Waals surface area contributed by atoms with E-state index in [1.54, 1.807) is 63.3 Å². The third-order valence-corrected chi connectivity index (χ3v) is 21.7. The number of H-pyrrole nitrogens is 4. The lowest BCUT2D eigenvalue weighted by atomic mass is 10.0. The van der Waals surface area contributed by atoms with E-state index in [0.29, 0.717) is 43.1 Å². The Kier molecular flexibility index (Phi) is 22.0. The molecule has 0 fully saturated rings. The Balaban J connectivity index is 0.000000166. The molecule has 15 aromatic rings. The summed E-state index contributed by atoms with van der Waals surface area (Å²) in [6.45, 7) is 1.75. The molecule has 10 aromatic heterocycles. The van der Waals surface area contributed by atoms with Crippen molar-refractivity contribution >= 4 is 105 Å². The lowest BCUT2D eigenvalue weighted by Crippen LogP contribution is -2.31. The van der Waals surface area contributed by atoms with E-state index in [9.17, 15) is 9.59 Å². The first-order valence-electron chi connectivity index (χ1n) is 39.9. The fourth-order valence-corrected chi connectivity index (χ4v) is 16.0. The molecular weight excluding hydrogens is 1520 g/mol. The van der Waals surface area contributed by atoms with Crippen molar-refractivity contribution in [3.05, 3.63) is 325 Å². The minimum absolute atomic E-state index is 0.264. The van der Waals surface area contributed by atoms with Crippen LogP contribution >= 0.6 is 0 Å². The molecule has 5 aromatic carbocycles. The lowest BCUT2D eigenvalue weighted by molar-refractivity contribution is 0.0646. The fraction of sp³-hybridized carbons (Fsp3) is 0.0800. The highest BCUT2D eigenvalue weighted by molar-refractivity contribution is 6.21. The van der Waals surface area contributed by atoms with Gasteiger partial charge in [-0.2, -0.15) is 0 Å². The van der Waals surface area contributed by atoms with Crippen LogP contribution in [-0.4, -0.2) is 117 Å². The Bertz CT molecular complexity index is 6860. The van der Waals surface area contributed by atoms with Gasteiger partial charge in [-0.25, -0.2) is 19.9 Å². The van der Waals surface area contributed by atoms with Crippen LogP contribution in [0.2, 0.25) is 0 Å². The molecule has 122 heavy (non-hydrogen) atoms. The van der Waals surface area contributed by atoms with E-state index in [4.69, 9.17) is 44.6 Å². The number of fused-ring (bicyclic) bond motifs is 17. The quantitative estimate of drug-likeness (QED) is 0.0171. The number of hydrogen-bond acceptors (Lipinski definition) is 17. The van der Waals surface area contributed by atoms with Crippen LogP contribution in [0.1, 0.15) is 79.1 Å². The van der Waals surface area contributed by atoms with Crippen LogP contribution in [0.3, 0.4) is 0 Å². The minimum atomic E-state index is -0.264. The van der Waals surface area contributed by atoms with Crippen molar-refractivity contribution in [2.75, 3.05) is 40.5 Å². The second-order valence-corrected chi connectivity index (χ2v) is 29.0. The van der Waals surface area contributed by atoms with Gasteiger partial charge in [0.2, 0.25) is 0 Å². The summed E-state index contributed by atoms with van der Waals surface area (Å²) < 4.78 is 23.2. The average Bonchev–Trinajstić information content (AvgIpc) is 1.60. The number of methoxy groups -OCH3 is 2. The Morgan fingerprint density at radius 1 is 0.287 bits per heavy atom. The molecule has 16 bridgehead atoms. The number of aromatic nitrogens is 12. The number of nitrogens with two attached hydrogens (primary N) is 3. The van der Waals surface area contributed by atoms with E-state index < -0.39 is 0 Å². The fourth-order valence-electron chi connectivity index (χ4n) is 16.0. The molecule has 10 N–H and O–H groups in total. The van der Waals surface area contributed by atoms with Gasteiger partial charge in [-0.15, -0.1) is 0 Å². The zero-order chi connectivity index (χ0) is 83.0. The summed E-state index contributed by atoms with van der Waals surface area (Å²) >= 11 is 0. The maximum atomic E-state index is 12.9. The van der Waals surface area contributed by atoms with Crippen LogP contribution in [0.25, 0.3) is 182 Å². The summed E-state index contributed by atoms with van der Waals surface area (Å²) in [6, 6.07) is 72.1. The van der Waals surface area contributed by atoms with E-state index >= 15 is 0 Å². The zero-order valence-corrected chi connectivity index (χ0v) is 66.5. The molecule has 0 saturated carbocycles. The van der Waals surface area contributed by atoms with E-state index in [1.807, 2.05) is 134 Å². The van der Waals surface area contributed by atoms with Gasteiger partial charge >= 0.3 is 0 Å². The molecule has 2 amide bonds. The number of hydrogen-bond donors (Lipinski definition) is 7. The van der Waals surface area contributed by atoms with Gasteiger partial charge in [0.1, 0.15) is 23.0 Å². The number of carbonyl (C=O) groups excluding carboxylic acids is 2. The van der Waals surface area contributed by atoms with Crippen molar-refractivity contribution in [1.29, 1.82) is 0 Å². The number of hydrazine groups is 1. The number of imide groups is 1. The standard InChI is InChI=1S/C54H39N7O4.C46H37N7O2.H4N2/c1-64-37-11-7-33(8-12-37)49-41-15-19-45(57-41)51(35-23-27-55-28-24-35)47-21-17-43(59-47)50(44-18-22-48(60-44)52(36-25-29-56-30-26-36)46-20-16-42(49)58-46)34-9-13-38(14-10-34)65-32-4-31-61-53(62)39-5-2-3-6-40(39)54(61)63;1-54-33-7-3-29(4-8-33)43-35-11-15-39(50-35)45(31-19-24-48-25-20-31)41-17-13-37(52-41)44(30-5-9-34(10-6-30)55-28-2-23-47)38-14-18-42(53-38)46(32-21-26-49-27-22-32)40-16-12-36(43)51-40;1-2/h2-3,5-30,57,60H,4,31-32H2,1H3;3-22,24-27,50,53H,2,23,28,47H2,1H3;1-2H2. The molecule has 20 rings (SSSR count). The summed E-state index contributed by atoms with van der Waals surface area (Å²) in [5.74, 6) is 10.5. The molecule has 15 heterocycles. The second kappa shape index (κ2) is 34.7. The van der Waals surface area contributed by atoms with Crippen molar-refractivity contribution < 1.29 is 28.5 Å². The monoisotopic (exact) mass is 1600 g/mol. The second-order valence-electron chi connectivity index (χ2n) is 29.0. The number of amides is 2. The predicted molar refractivity (Wildman–Crippen MR) is 485 cm³/mol. The Labute approximate surface area is 701 Å². The SMILES string of the molecule is COc1ccc(-c2c3nc(c(-c4ccncc4)c4ccc([nH]4)c(-c4ccc(OCCCN)cc4)c4nc(c(-c5ccncc5)c5ccc2[nH]5)C=C4)C=C3)cc1.COc1ccc(-c2c3nc(c(-c4ccncc4)c4ccc([nH]4)c(-c4ccc(OCCCN5C(=O)c6ccccc6C5=O)cc4)c4nc(c(-c5ccncc5)c5ccc2[nH]5)C=C4)C=C3)cc1.NN. The van der Waals surface area contributed by atoms with Crippen LogP contribution in [0.15, 0.2) is 268 Å². The van der Waals surface area contributed by atoms with Crippen molar-refractivity contribution in [1.82, 2.24) is 64.7 Å². The molecule has 0 spiro atoms. The third-order valence-electron chi connectivity index (χ3n) is 21.7. The largest absolute Gasteiger partial charge is 0.497 e. The third kappa shape index (κ3) is 15.5. The van der Waals surface area contributed by atoms with Crippen LogP contribution in [0, 0.1) is 0 Å². The molecule has 0 unspecified atom stereocenters. The smallest absolute Gasteiger partial charge is 0.261 e. The summed E-state index contributed by atoms with van der Waals surface area (Å²) in [4.78, 5) is 80.9. The number of nitrogens with one attached hydrogen (secondary N) is 4. The molecule has 5 aliphatic rings. The van der Waals surface area contributed by atoms with Crippen molar-refractivity contribution in [3.8, 4) is 112 Å². The van der Waals surface area contributed by atoms with Gasteiger partial charge in [-0.05, 0) is 270 Å². The number of ether oxygens (including phenoxy) is 4. The molecule has 5 aliphatic heterocycles. The van der Waals surface area contributed by atoms with Gasteiger partial charge in [0, 0.05) is 145 Å². The number of aromatic amines is 4. The number of pyridine rings is 4. The molecule has 596 valence electrons. The van der Waals surface area contributed by atoms with Crippen LogP contribution < -0.4 is 36.4 Å². The highest BCUT2D eigenvalue weighted by Crippen LogP contribution is 2.43. The maximum Gasteiger partial charge on any atom is 0.261 e. The summed E-state index contributed by atoms with van der Waals surface area (Å²) in [5, 5.41) is 0. The van der Waals surface area contributed by atoms with E-state index in [-0.39, 0.29) is 18.4 Å². The lowest BCUT2D eigenvalue weighted by Gasteiger charge is -2.14. The predicted octanol–water partition coefficient (Wildman–Crippen LogP) is 19.9. The minimum Gasteiger partial charge on any atom is -0.497 e. The van der Waals surface area contributed by atoms with Gasteiger partial charge in [0.15, 0.2) is 0 Å². The Morgan fingerprint density at radius 2 is 0.508 bits per heavy atom. The highest BCUT2D eigenvalue weighted by Gasteiger charge is 2.35. The summed E-state index contributed by atoms with van der Waals surface area (Å²) in [6.07, 6.45) is 32.3. The molecule has 0 aliphatic carbocycles. The number of carbonyl (C=O) groups is 2. The van der Waals surface area contributed by atoms with Crippen LogP contribution in [-0.2, 0) is 0 Å². The van der Waals surface area contributed by atoms with Crippen LogP contribution in [0.4, 0.5) is 0 Å². The number of rotatable bonds is 19. The number of benzene rings is 5. The zero-order valence-electron chi connectivity index (χ0n) is 66.5. The molecule has 22 heteroatoms. The Morgan fingerprint density at radius 3 is 0.738 bits per heavy atom. The Hall–Kier alpha value is -15.9. The molecule has 0 saturated heterocycles. The van der Waals surface area contributed by atoms with Gasteiger partial charge in [-0.1, -0.05) is 60.7 Å². The maximum absolute atomic E-state index is 12.9. The number of nitrogens with zero attached hydrogens (tertiary/aromatic N) is 9. The normalized spacial score (nSPS) is 12.2. The van der Waals surface area contributed by atoms with Gasteiger partial charge < -0.3 is 44.6 Å². The summed E-state index contributed by atoms with van der Waals surface area (Å²) in [7, 11) is 3.34.